The van der Waals surface area contributed by atoms with E-state index in [0.717, 1.165) is 7.11 Å². The molecule has 11 nitrogen and oxygen atoms in total. The molecule has 2 N–H and O–H groups in total. The number of esters is 1. The number of methoxy groups -OCH3 is 5. The molecule has 2 aromatic carbocycles. The Labute approximate surface area is 202 Å². The molecule has 2 aromatic rings. The zero-order chi connectivity index (χ0) is 25.8. The van der Waals surface area contributed by atoms with Crippen LogP contribution in [0.2, 0.25) is 0 Å². The second-order valence-corrected chi connectivity index (χ2v) is 9.26. The van der Waals surface area contributed by atoms with Crippen LogP contribution in [0, 0.1) is 0 Å². The minimum atomic E-state index is -4.12. The minimum absolute atomic E-state index is 0.0789. The highest BCUT2D eigenvalue weighted by molar-refractivity contribution is 7.91. The number of ether oxygens (including phenoxy) is 5. The van der Waals surface area contributed by atoms with E-state index in [-0.39, 0.29) is 21.9 Å². The second-order valence-electron chi connectivity index (χ2n) is 7.31. The van der Waals surface area contributed by atoms with Crippen LogP contribution in [0.15, 0.2) is 52.6 Å². The molecule has 1 aliphatic rings. The van der Waals surface area contributed by atoms with E-state index in [1.54, 1.807) is 24.3 Å². The quantitative estimate of drug-likeness (QED) is 0.489. The summed E-state index contributed by atoms with van der Waals surface area (Å²) < 4.78 is 52.7. The Balaban J connectivity index is 2.15. The van der Waals surface area contributed by atoms with Gasteiger partial charge in [0.15, 0.2) is 21.3 Å². The maximum Gasteiger partial charge on any atom is 0.338 e. The van der Waals surface area contributed by atoms with Gasteiger partial charge in [-0.25, -0.2) is 18.0 Å². The molecule has 0 fully saturated rings. The first-order chi connectivity index (χ1) is 16.7. The van der Waals surface area contributed by atoms with Gasteiger partial charge < -0.3 is 34.3 Å². The second kappa shape index (κ2) is 10.6. The van der Waals surface area contributed by atoms with E-state index in [4.69, 9.17) is 23.7 Å². The van der Waals surface area contributed by atoms with Crippen molar-refractivity contribution in [2.45, 2.75) is 10.9 Å². The smallest absolute Gasteiger partial charge is 0.338 e. The zero-order valence-corrected chi connectivity index (χ0v) is 20.6. The van der Waals surface area contributed by atoms with Crippen LogP contribution in [0.25, 0.3) is 0 Å². The topological polar surface area (TPSA) is 138 Å². The van der Waals surface area contributed by atoms with Crippen molar-refractivity contribution in [1.29, 1.82) is 0 Å². The lowest BCUT2D eigenvalue weighted by atomic mass is 9.95. The number of benzene rings is 2. The molecule has 0 radical (unpaired) electrons. The summed E-state index contributed by atoms with van der Waals surface area (Å²) in [5, 5.41) is 5.08. The van der Waals surface area contributed by atoms with Crippen molar-refractivity contribution in [3.63, 3.8) is 0 Å². The summed E-state index contributed by atoms with van der Waals surface area (Å²) in [6.07, 6.45) is 0. The number of carbonyl (C=O) groups excluding carboxylic acids is 2. The Morgan fingerprint density at radius 3 is 2.14 bits per heavy atom. The van der Waals surface area contributed by atoms with Crippen molar-refractivity contribution >= 4 is 21.8 Å². The van der Waals surface area contributed by atoms with Crippen LogP contribution in [0.4, 0.5) is 4.79 Å². The first kappa shape index (κ1) is 25.7. The molecule has 0 aromatic heterocycles. The highest BCUT2D eigenvalue weighted by atomic mass is 32.2. The van der Waals surface area contributed by atoms with Gasteiger partial charge >= 0.3 is 12.0 Å². The summed E-state index contributed by atoms with van der Waals surface area (Å²) in [7, 11) is 2.69. The van der Waals surface area contributed by atoms with Gasteiger partial charge in [-0.2, -0.15) is 0 Å². The van der Waals surface area contributed by atoms with Gasteiger partial charge in [-0.05, 0) is 29.8 Å². The van der Waals surface area contributed by atoms with Crippen molar-refractivity contribution in [2.24, 2.45) is 0 Å². The van der Waals surface area contributed by atoms with Crippen molar-refractivity contribution in [1.82, 2.24) is 10.6 Å². The maximum atomic E-state index is 13.4. The molecule has 12 heteroatoms. The SMILES string of the molecule is COC(=O)C1=C(CS(=O)(=O)c2cc(OC)ccc2OC)NC(=O)NC1c1ccc(OC)c(OC)c1. The average molecular weight is 507 g/mol. The Kier molecular flexibility index (Phi) is 7.75. The zero-order valence-electron chi connectivity index (χ0n) is 19.8. The predicted octanol–water partition coefficient (Wildman–Crippen LogP) is 1.98. The van der Waals surface area contributed by atoms with Gasteiger partial charge in [-0.15, -0.1) is 0 Å². The Morgan fingerprint density at radius 1 is 0.886 bits per heavy atom. The molecule has 1 heterocycles. The van der Waals surface area contributed by atoms with E-state index in [1.165, 1.54) is 40.6 Å². The number of hydrogen-bond donors (Lipinski definition) is 2. The monoisotopic (exact) mass is 506 g/mol. The molecule has 2 amide bonds. The first-order valence-corrected chi connectivity index (χ1v) is 11.9. The lowest BCUT2D eigenvalue weighted by Crippen LogP contribution is -2.47. The summed E-state index contributed by atoms with van der Waals surface area (Å²) in [5.41, 5.74) is 0.238. The summed E-state index contributed by atoms with van der Waals surface area (Å²) in [6.45, 7) is 0. The third kappa shape index (κ3) is 5.27. The van der Waals surface area contributed by atoms with Crippen LogP contribution in [0.5, 0.6) is 23.0 Å². The number of nitrogens with one attached hydrogen (secondary N) is 2. The van der Waals surface area contributed by atoms with Gasteiger partial charge in [0.25, 0.3) is 0 Å². The molecule has 35 heavy (non-hydrogen) atoms. The number of hydrogen-bond acceptors (Lipinski definition) is 9. The summed E-state index contributed by atoms with van der Waals surface area (Å²) >= 11 is 0. The molecule has 3 rings (SSSR count). The average Bonchev–Trinajstić information content (AvgIpc) is 2.86. The largest absolute Gasteiger partial charge is 0.497 e. The van der Waals surface area contributed by atoms with Crippen LogP contribution in [0.3, 0.4) is 0 Å². The van der Waals surface area contributed by atoms with Gasteiger partial charge in [-0.1, -0.05) is 6.07 Å². The Hall–Kier alpha value is -3.93. The normalized spacial score (nSPS) is 15.6. The third-order valence-electron chi connectivity index (χ3n) is 5.34. The summed E-state index contributed by atoms with van der Waals surface area (Å²) in [6, 6.07) is 7.41. The number of carbonyl (C=O) groups is 2. The van der Waals surface area contributed by atoms with Crippen molar-refractivity contribution in [3.05, 3.63) is 53.2 Å². The van der Waals surface area contributed by atoms with Crippen LogP contribution >= 0.6 is 0 Å². The van der Waals surface area contributed by atoms with E-state index in [9.17, 15) is 18.0 Å². The molecule has 0 spiro atoms. The fourth-order valence-electron chi connectivity index (χ4n) is 3.66. The molecular weight excluding hydrogens is 480 g/mol. The fourth-order valence-corrected chi connectivity index (χ4v) is 5.18. The summed E-state index contributed by atoms with van der Waals surface area (Å²) in [4.78, 5) is 25.2. The molecule has 0 saturated heterocycles. The van der Waals surface area contributed by atoms with Crippen molar-refractivity contribution < 1.29 is 41.7 Å². The molecule has 0 aliphatic carbocycles. The van der Waals surface area contributed by atoms with Crippen molar-refractivity contribution in [3.8, 4) is 23.0 Å². The Bertz CT molecular complexity index is 1270. The molecule has 0 bridgehead atoms. The van der Waals surface area contributed by atoms with Crippen LogP contribution in [0.1, 0.15) is 11.6 Å². The number of sulfone groups is 1. The van der Waals surface area contributed by atoms with Crippen LogP contribution in [-0.4, -0.2) is 61.7 Å². The van der Waals surface area contributed by atoms with E-state index in [2.05, 4.69) is 10.6 Å². The third-order valence-corrected chi connectivity index (χ3v) is 7.00. The standard InChI is InChI=1S/C23H26N2O9S/c1-30-14-7-9-17(32-3)19(11-14)35(28,29)12-15-20(22(26)34-5)21(25-23(27)24-15)13-6-8-16(31-2)18(10-13)33-4/h6-11,21H,12H2,1-5H3,(H2,24,25,27). The molecular formula is C23H26N2O9S. The van der Waals surface area contributed by atoms with Crippen LogP contribution in [-0.2, 0) is 19.4 Å². The van der Waals surface area contributed by atoms with E-state index < -0.39 is 33.6 Å². The number of rotatable bonds is 9. The highest BCUT2D eigenvalue weighted by Gasteiger charge is 2.36. The van der Waals surface area contributed by atoms with Gasteiger partial charge in [0.1, 0.15) is 16.4 Å². The summed E-state index contributed by atoms with van der Waals surface area (Å²) in [5.74, 6) is -0.352. The van der Waals surface area contributed by atoms with Crippen LogP contribution < -0.4 is 29.6 Å². The van der Waals surface area contributed by atoms with Gasteiger partial charge in [0, 0.05) is 11.8 Å². The van der Waals surface area contributed by atoms with E-state index in [0.29, 0.717) is 22.8 Å². The molecule has 0 saturated carbocycles. The molecule has 1 aliphatic heterocycles. The number of amides is 2. The van der Waals surface area contributed by atoms with Gasteiger partial charge in [0.2, 0.25) is 0 Å². The fraction of sp³-hybridized carbons (Fsp3) is 0.304. The number of urea groups is 1. The maximum absolute atomic E-state index is 13.4. The lowest BCUT2D eigenvalue weighted by molar-refractivity contribution is -0.136. The van der Waals surface area contributed by atoms with Crippen molar-refractivity contribution in [2.75, 3.05) is 41.3 Å². The van der Waals surface area contributed by atoms with Gasteiger partial charge in [-0.3, -0.25) is 0 Å². The van der Waals surface area contributed by atoms with Gasteiger partial charge in [0.05, 0.1) is 52.9 Å². The molecule has 1 unspecified atom stereocenters. The van der Waals surface area contributed by atoms with E-state index in [1.807, 2.05) is 0 Å². The highest BCUT2D eigenvalue weighted by Crippen LogP contribution is 2.36. The van der Waals surface area contributed by atoms with E-state index >= 15 is 0 Å². The predicted molar refractivity (Wildman–Crippen MR) is 125 cm³/mol. The minimum Gasteiger partial charge on any atom is -0.497 e. The molecule has 1 atom stereocenters. The molecule has 188 valence electrons. The first-order valence-electron chi connectivity index (χ1n) is 10.2. The Morgan fingerprint density at radius 2 is 1.54 bits per heavy atom. The lowest BCUT2D eigenvalue weighted by Gasteiger charge is -2.29.